The van der Waals surface area contributed by atoms with Crippen molar-refractivity contribution in [2.75, 3.05) is 0 Å². The fraction of sp³-hybridized carbons (Fsp3) is 0.300. The molecule has 0 heterocycles. The quantitative estimate of drug-likeness (QED) is 0.648. The molecule has 90 valence electrons. The number of hydrogen-bond acceptors (Lipinski definition) is 3. The summed E-state index contributed by atoms with van der Waals surface area (Å²) in [6.07, 6.45) is 1.62. The van der Waals surface area contributed by atoms with Crippen molar-refractivity contribution in [1.82, 2.24) is 5.32 Å². The van der Waals surface area contributed by atoms with E-state index in [0.717, 1.165) is 12.8 Å². The second-order valence-corrected chi connectivity index (χ2v) is 3.79. The summed E-state index contributed by atoms with van der Waals surface area (Å²) in [7, 11) is 0. The minimum atomic E-state index is -1.22. The van der Waals surface area contributed by atoms with Gasteiger partial charge in [-0.3, -0.25) is 14.9 Å². The number of rotatable bonds is 3. The Hall–Kier alpha value is -2.05. The van der Waals surface area contributed by atoms with Crippen molar-refractivity contribution in [3.63, 3.8) is 0 Å². The predicted molar refractivity (Wildman–Crippen MR) is 53.5 cm³/mol. The molecule has 1 N–H and O–H groups in total. The average molecular weight is 242 g/mol. The Kier molecular flexibility index (Phi) is 2.74. The van der Waals surface area contributed by atoms with Gasteiger partial charge in [-0.05, 0) is 18.9 Å². The summed E-state index contributed by atoms with van der Waals surface area (Å²) >= 11 is 0. The first-order valence-electron chi connectivity index (χ1n) is 4.93. The molecule has 2 rings (SSSR count). The van der Waals surface area contributed by atoms with Crippen molar-refractivity contribution in [2.45, 2.75) is 18.9 Å². The van der Waals surface area contributed by atoms with Gasteiger partial charge in [0.05, 0.1) is 16.6 Å². The maximum absolute atomic E-state index is 13.4. The van der Waals surface area contributed by atoms with Gasteiger partial charge in [0.2, 0.25) is 5.82 Å². The fourth-order valence-corrected chi connectivity index (χ4v) is 1.34. The highest BCUT2D eigenvalue weighted by atomic mass is 19.1. The van der Waals surface area contributed by atoms with Crippen molar-refractivity contribution in [3.05, 3.63) is 39.4 Å². The Morgan fingerprint density at radius 3 is 2.53 bits per heavy atom. The third-order valence-corrected chi connectivity index (χ3v) is 2.39. The van der Waals surface area contributed by atoms with E-state index in [4.69, 9.17) is 0 Å². The number of carbonyl (C=O) groups excluding carboxylic acids is 1. The zero-order chi connectivity index (χ0) is 12.6. The molecule has 0 bridgehead atoms. The van der Waals surface area contributed by atoms with E-state index in [1.165, 1.54) is 0 Å². The second kappa shape index (κ2) is 4.08. The molecule has 5 nitrogen and oxygen atoms in total. The van der Waals surface area contributed by atoms with Gasteiger partial charge in [0.1, 0.15) is 5.82 Å². The van der Waals surface area contributed by atoms with E-state index >= 15 is 0 Å². The number of nitrogens with one attached hydrogen (secondary N) is 1. The second-order valence-electron chi connectivity index (χ2n) is 3.79. The Balaban J connectivity index is 2.31. The lowest BCUT2D eigenvalue weighted by molar-refractivity contribution is -0.387. The number of nitro groups is 1. The number of halogens is 2. The first-order valence-corrected chi connectivity index (χ1v) is 4.93. The van der Waals surface area contributed by atoms with Gasteiger partial charge in [-0.25, -0.2) is 4.39 Å². The number of nitro benzene ring substituents is 1. The van der Waals surface area contributed by atoms with E-state index in [0.29, 0.717) is 12.1 Å². The van der Waals surface area contributed by atoms with Crippen LogP contribution in [-0.2, 0) is 0 Å². The number of benzene rings is 1. The summed E-state index contributed by atoms with van der Waals surface area (Å²) < 4.78 is 26.6. The molecule has 0 atom stereocenters. The van der Waals surface area contributed by atoms with E-state index in [2.05, 4.69) is 5.32 Å². The topological polar surface area (TPSA) is 72.2 Å². The van der Waals surface area contributed by atoms with Crippen molar-refractivity contribution < 1.29 is 18.5 Å². The van der Waals surface area contributed by atoms with Crippen LogP contribution >= 0.6 is 0 Å². The summed E-state index contributed by atoms with van der Waals surface area (Å²) in [5.41, 5.74) is -1.49. The van der Waals surface area contributed by atoms with Crippen molar-refractivity contribution >= 4 is 11.6 Å². The molecule has 1 aliphatic rings. The molecule has 0 radical (unpaired) electrons. The third-order valence-electron chi connectivity index (χ3n) is 2.39. The van der Waals surface area contributed by atoms with Crippen LogP contribution in [0.25, 0.3) is 0 Å². The molecule has 1 amide bonds. The zero-order valence-electron chi connectivity index (χ0n) is 8.57. The van der Waals surface area contributed by atoms with Crippen LogP contribution < -0.4 is 5.32 Å². The molecule has 0 unspecified atom stereocenters. The van der Waals surface area contributed by atoms with Crippen molar-refractivity contribution in [1.29, 1.82) is 0 Å². The number of nitrogens with zero attached hydrogens (tertiary/aromatic N) is 1. The SMILES string of the molecule is O=C(NC1CC1)c1cc(F)c([N+](=O)[O-])cc1F. The largest absolute Gasteiger partial charge is 0.349 e. The molecule has 0 saturated heterocycles. The maximum Gasteiger partial charge on any atom is 0.307 e. The van der Waals surface area contributed by atoms with Gasteiger partial charge >= 0.3 is 5.69 Å². The average Bonchev–Trinajstić information content (AvgIpc) is 3.04. The highest BCUT2D eigenvalue weighted by Gasteiger charge is 2.27. The van der Waals surface area contributed by atoms with E-state index in [1.807, 2.05) is 0 Å². The van der Waals surface area contributed by atoms with Gasteiger partial charge in [0.25, 0.3) is 5.91 Å². The minimum absolute atomic E-state index is 0.000142. The van der Waals surface area contributed by atoms with E-state index < -0.39 is 33.7 Å². The van der Waals surface area contributed by atoms with Crippen LogP contribution in [0.5, 0.6) is 0 Å². The van der Waals surface area contributed by atoms with Crippen molar-refractivity contribution in [2.24, 2.45) is 0 Å². The Morgan fingerprint density at radius 2 is 2.00 bits per heavy atom. The number of hydrogen-bond donors (Lipinski definition) is 1. The number of carbonyl (C=O) groups is 1. The highest BCUT2D eigenvalue weighted by molar-refractivity contribution is 5.95. The molecule has 0 aromatic heterocycles. The van der Waals surface area contributed by atoms with Gasteiger partial charge in [-0.2, -0.15) is 4.39 Å². The summed E-state index contributed by atoms with van der Waals surface area (Å²) in [6.45, 7) is 0. The monoisotopic (exact) mass is 242 g/mol. The molecule has 1 aromatic rings. The van der Waals surface area contributed by atoms with Crippen molar-refractivity contribution in [3.8, 4) is 0 Å². The molecule has 1 aromatic carbocycles. The van der Waals surface area contributed by atoms with Crippen LogP contribution in [0.1, 0.15) is 23.2 Å². The number of amides is 1. The minimum Gasteiger partial charge on any atom is -0.349 e. The summed E-state index contributed by atoms with van der Waals surface area (Å²) in [5, 5.41) is 12.8. The van der Waals surface area contributed by atoms with Gasteiger partial charge < -0.3 is 5.32 Å². The molecule has 7 heteroatoms. The molecular weight excluding hydrogens is 234 g/mol. The van der Waals surface area contributed by atoms with Crippen LogP contribution in [0.3, 0.4) is 0 Å². The lowest BCUT2D eigenvalue weighted by Gasteiger charge is -2.04. The van der Waals surface area contributed by atoms with Crippen LogP contribution in [-0.4, -0.2) is 16.9 Å². The maximum atomic E-state index is 13.4. The summed E-state index contributed by atoms with van der Waals surface area (Å²) in [5.74, 6) is -3.08. The molecular formula is C10H8F2N2O3. The molecule has 0 spiro atoms. The lowest BCUT2D eigenvalue weighted by atomic mass is 10.1. The van der Waals surface area contributed by atoms with Gasteiger partial charge in [-0.15, -0.1) is 0 Å². The first-order chi connectivity index (χ1) is 7.99. The molecule has 0 aliphatic heterocycles. The Bertz CT molecular complexity index is 501. The smallest absolute Gasteiger partial charge is 0.307 e. The van der Waals surface area contributed by atoms with E-state index in [1.54, 1.807) is 0 Å². The van der Waals surface area contributed by atoms with Crippen LogP contribution in [0.2, 0.25) is 0 Å². The fourth-order valence-electron chi connectivity index (χ4n) is 1.34. The first kappa shape index (κ1) is 11.4. The third kappa shape index (κ3) is 2.38. The van der Waals surface area contributed by atoms with Gasteiger partial charge in [-0.1, -0.05) is 0 Å². The molecule has 1 aliphatic carbocycles. The molecule has 1 saturated carbocycles. The zero-order valence-corrected chi connectivity index (χ0v) is 8.57. The lowest BCUT2D eigenvalue weighted by Crippen LogP contribution is -2.26. The Labute approximate surface area is 94.6 Å². The summed E-state index contributed by atoms with van der Waals surface area (Å²) in [4.78, 5) is 20.8. The standard InChI is InChI=1S/C10H8F2N2O3/c11-7-4-9(14(16)17)8(12)3-6(7)10(15)13-5-1-2-5/h3-5H,1-2H2,(H,13,15). The predicted octanol–water partition coefficient (Wildman–Crippen LogP) is 1.77. The molecule has 17 heavy (non-hydrogen) atoms. The van der Waals surface area contributed by atoms with Gasteiger partial charge in [0.15, 0.2) is 0 Å². The van der Waals surface area contributed by atoms with E-state index in [9.17, 15) is 23.7 Å². The van der Waals surface area contributed by atoms with Gasteiger partial charge in [0, 0.05) is 6.04 Å². The highest BCUT2D eigenvalue weighted by Crippen LogP contribution is 2.23. The van der Waals surface area contributed by atoms with Crippen LogP contribution in [0, 0.1) is 21.7 Å². The molecule has 1 fully saturated rings. The van der Waals surface area contributed by atoms with Crippen LogP contribution in [0.4, 0.5) is 14.5 Å². The summed E-state index contributed by atoms with van der Waals surface area (Å²) in [6, 6.07) is 0.961. The van der Waals surface area contributed by atoms with Crippen LogP contribution in [0.15, 0.2) is 12.1 Å². The Morgan fingerprint density at radius 1 is 1.35 bits per heavy atom. The normalized spacial score (nSPS) is 14.5. The van der Waals surface area contributed by atoms with E-state index in [-0.39, 0.29) is 6.04 Å².